The first kappa shape index (κ1) is 28.3. The second-order valence-electron chi connectivity index (χ2n) is 8.59. The molecule has 0 aromatic rings. The highest BCUT2D eigenvalue weighted by Crippen LogP contribution is 2.43. The van der Waals surface area contributed by atoms with Gasteiger partial charge in [0, 0.05) is 13.0 Å². The number of hydrogen-bond donors (Lipinski definition) is 2. The number of hydrogen-bond acceptors (Lipinski definition) is 5. The molecule has 174 valence electrons. The normalized spacial score (nSPS) is 15.0. The third kappa shape index (κ3) is 19.1. The summed E-state index contributed by atoms with van der Waals surface area (Å²) in [5, 5.41) is 2.40. The summed E-state index contributed by atoms with van der Waals surface area (Å²) in [5.41, 5.74) is 0. The maximum Gasteiger partial charge on any atom is 0.472 e. The summed E-state index contributed by atoms with van der Waals surface area (Å²) in [5.74, 6) is -0.144. The molecule has 0 aliphatic rings. The smallest absolute Gasteiger partial charge is 0.449 e. The van der Waals surface area contributed by atoms with Crippen LogP contribution in [-0.4, -0.2) is 70.0 Å². The molecule has 0 saturated carbocycles. The molecule has 0 saturated heterocycles. The number of ether oxygens (including phenoxy) is 1. The Bertz CT molecular complexity index is 470. The molecule has 0 bridgehead atoms. The molecule has 29 heavy (non-hydrogen) atoms. The van der Waals surface area contributed by atoms with E-state index in [0.717, 1.165) is 19.3 Å². The highest BCUT2D eigenvalue weighted by molar-refractivity contribution is 7.47. The van der Waals surface area contributed by atoms with Crippen molar-refractivity contribution in [1.82, 2.24) is 5.32 Å². The molecule has 2 atom stereocenters. The van der Waals surface area contributed by atoms with Crippen LogP contribution in [0.1, 0.15) is 64.7 Å². The average molecular weight is 440 g/mol. The van der Waals surface area contributed by atoms with E-state index in [2.05, 4.69) is 12.2 Å². The van der Waals surface area contributed by atoms with Gasteiger partial charge >= 0.3 is 13.9 Å². The molecule has 0 aromatic carbocycles. The summed E-state index contributed by atoms with van der Waals surface area (Å²) in [6, 6.07) is 0. The van der Waals surface area contributed by atoms with Gasteiger partial charge in [-0.05, 0) is 6.42 Å². The number of unbranched alkanes of at least 4 members (excludes halogenated alkanes) is 7. The fourth-order valence-corrected chi connectivity index (χ4v) is 3.50. The molecule has 0 aliphatic heterocycles. The number of alkyl carbamates (subject to hydrolysis) is 1. The van der Waals surface area contributed by atoms with E-state index in [4.69, 9.17) is 13.8 Å². The lowest BCUT2D eigenvalue weighted by Crippen LogP contribution is -2.37. The van der Waals surface area contributed by atoms with Crippen molar-refractivity contribution in [2.75, 3.05) is 54.6 Å². The molecule has 8 nitrogen and oxygen atoms in total. The Morgan fingerprint density at radius 2 is 1.59 bits per heavy atom. The minimum atomic E-state index is -4.11. The van der Waals surface area contributed by atoms with Crippen LogP contribution in [0.25, 0.3) is 0 Å². The van der Waals surface area contributed by atoms with Crippen molar-refractivity contribution in [2.24, 2.45) is 5.92 Å². The standard InChI is InChI=1S/C20H43N2O6P/c1-6-7-8-9-10-11-12-13-14-19(17-26-20(23)21-2)18-28-29(24,25)27-16-15-22(3,4)5/h19H,6-18H2,1-5H3,(H-,21,23,24,25)/p+1. The number of rotatable bonds is 18. The van der Waals surface area contributed by atoms with Gasteiger partial charge in [0.1, 0.15) is 13.2 Å². The number of phosphoric acid groups is 1. The third-order valence-electron chi connectivity index (χ3n) is 4.61. The number of likely N-dealkylation sites (N-methyl/N-ethyl adjacent to an activating group) is 1. The van der Waals surface area contributed by atoms with Crippen molar-refractivity contribution in [2.45, 2.75) is 64.7 Å². The van der Waals surface area contributed by atoms with Gasteiger partial charge < -0.3 is 19.4 Å². The van der Waals surface area contributed by atoms with Gasteiger partial charge in [0.2, 0.25) is 0 Å². The number of carbonyl (C=O) groups is 1. The highest BCUT2D eigenvalue weighted by Gasteiger charge is 2.25. The second-order valence-corrected chi connectivity index (χ2v) is 10.0. The van der Waals surface area contributed by atoms with E-state index in [1.165, 1.54) is 45.6 Å². The molecular weight excluding hydrogens is 395 g/mol. The fourth-order valence-electron chi connectivity index (χ4n) is 2.71. The predicted molar refractivity (Wildman–Crippen MR) is 116 cm³/mol. The van der Waals surface area contributed by atoms with Gasteiger partial charge in [-0.1, -0.05) is 58.3 Å². The SMILES string of the molecule is CCCCCCCCCCC(COC(=O)NC)COP(=O)(O)OCC[N+](C)(C)C. The summed E-state index contributed by atoms with van der Waals surface area (Å²) < 4.78 is 28.0. The molecule has 0 heterocycles. The van der Waals surface area contributed by atoms with Crippen molar-refractivity contribution in [3.05, 3.63) is 0 Å². The van der Waals surface area contributed by atoms with E-state index in [0.29, 0.717) is 11.0 Å². The summed E-state index contributed by atoms with van der Waals surface area (Å²) in [4.78, 5) is 21.2. The van der Waals surface area contributed by atoms with Crippen molar-refractivity contribution < 1.29 is 32.5 Å². The van der Waals surface area contributed by atoms with Crippen LogP contribution >= 0.6 is 7.82 Å². The monoisotopic (exact) mass is 439 g/mol. The lowest BCUT2D eigenvalue weighted by atomic mass is 10.0. The molecule has 0 aromatic heterocycles. The molecule has 1 amide bonds. The Morgan fingerprint density at radius 1 is 1.00 bits per heavy atom. The Hall–Kier alpha value is -0.660. The lowest BCUT2D eigenvalue weighted by Gasteiger charge is -2.24. The van der Waals surface area contributed by atoms with Crippen LogP contribution in [0.2, 0.25) is 0 Å². The molecular formula is C20H44N2O6P+. The van der Waals surface area contributed by atoms with Crippen molar-refractivity contribution >= 4 is 13.9 Å². The number of carbonyl (C=O) groups excluding carboxylic acids is 1. The van der Waals surface area contributed by atoms with E-state index in [9.17, 15) is 14.3 Å². The highest BCUT2D eigenvalue weighted by atomic mass is 31.2. The van der Waals surface area contributed by atoms with Crippen LogP contribution in [0.5, 0.6) is 0 Å². The van der Waals surface area contributed by atoms with E-state index < -0.39 is 13.9 Å². The lowest BCUT2D eigenvalue weighted by molar-refractivity contribution is -0.870. The Morgan fingerprint density at radius 3 is 2.14 bits per heavy atom. The van der Waals surface area contributed by atoms with Crippen LogP contribution in [-0.2, 0) is 18.3 Å². The Balaban J connectivity index is 4.27. The van der Waals surface area contributed by atoms with Gasteiger partial charge in [0.15, 0.2) is 0 Å². The third-order valence-corrected chi connectivity index (χ3v) is 5.59. The number of nitrogens with one attached hydrogen (secondary N) is 1. The van der Waals surface area contributed by atoms with Gasteiger partial charge in [-0.2, -0.15) is 0 Å². The average Bonchev–Trinajstić information content (AvgIpc) is 2.63. The Labute approximate surface area is 177 Å². The van der Waals surface area contributed by atoms with Gasteiger partial charge in [-0.3, -0.25) is 9.05 Å². The molecule has 0 rings (SSSR count). The number of quaternary nitrogens is 1. The van der Waals surface area contributed by atoms with Crippen molar-refractivity contribution in [1.29, 1.82) is 0 Å². The summed E-state index contributed by atoms with van der Waals surface area (Å²) in [6.07, 6.45) is 9.86. The number of phosphoric ester groups is 1. The van der Waals surface area contributed by atoms with E-state index in [-0.39, 0.29) is 25.7 Å². The van der Waals surface area contributed by atoms with Crippen LogP contribution in [0, 0.1) is 5.92 Å². The van der Waals surface area contributed by atoms with Crippen molar-refractivity contribution in [3.8, 4) is 0 Å². The molecule has 0 fully saturated rings. The van der Waals surface area contributed by atoms with Crippen LogP contribution < -0.4 is 5.32 Å². The van der Waals surface area contributed by atoms with Gasteiger partial charge in [0.05, 0.1) is 34.4 Å². The van der Waals surface area contributed by atoms with E-state index in [1.807, 2.05) is 21.1 Å². The van der Waals surface area contributed by atoms with Crippen LogP contribution in [0.15, 0.2) is 0 Å². The minimum absolute atomic E-state index is 0.0195. The van der Waals surface area contributed by atoms with Crippen LogP contribution in [0.3, 0.4) is 0 Å². The molecule has 9 heteroatoms. The van der Waals surface area contributed by atoms with Gasteiger partial charge in [-0.25, -0.2) is 9.36 Å². The zero-order chi connectivity index (χ0) is 22.2. The molecule has 0 spiro atoms. The first-order valence-corrected chi connectivity index (χ1v) is 12.4. The molecule has 0 aliphatic carbocycles. The van der Waals surface area contributed by atoms with Gasteiger partial charge in [-0.15, -0.1) is 0 Å². The Kier molecular flexibility index (Phi) is 15.7. The van der Waals surface area contributed by atoms with E-state index >= 15 is 0 Å². The first-order valence-electron chi connectivity index (χ1n) is 10.9. The summed E-state index contributed by atoms with van der Waals surface area (Å²) >= 11 is 0. The van der Waals surface area contributed by atoms with Gasteiger partial charge in [0.25, 0.3) is 0 Å². The first-order chi connectivity index (χ1) is 13.6. The summed E-state index contributed by atoms with van der Waals surface area (Å²) in [7, 11) is 3.31. The summed E-state index contributed by atoms with van der Waals surface area (Å²) in [6.45, 7) is 3.11. The maximum atomic E-state index is 12.1. The minimum Gasteiger partial charge on any atom is -0.449 e. The zero-order valence-corrected chi connectivity index (χ0v) is 20.0. The fraction of sp³-hybridized carbons (Fsp3) is 0.950. The molecule has 0 radical (unpaired) electrons. The quantitative estimate of drug-likeness (QED) is 0.188. The van der Waals surface area contributed by atoms with Crippen LogP contribution in [0.4, 0.5) is 4.79 Å². The molecule has 2 N–H and O–H groups in total. The van der Waals surface area contributed by atoms with Crippen molar-refractivity contribution in [3.63, 3.8) is 0 Å². The zero-order valence-electron chi connectivity index (χ0n) is 19.2. The number of nitrogens with zero attached hydrogens (tertiary/aromatic N) is 1. The largest absolute Gasteiger partial charge is 0.472 e. The number of amides is 1. The molecule has 2 unspecified atom stereocenters. The maximum absolute atomic E-state index is 12.1. The van der Waals surface area contributed by atoms with E-state index in [1.54, 1.807) is 0 Å². The topological polar surface area (TPSA) is 94.1 Å². The second kappa shape index (κ2) is 16.1. The predicted octanol–water partition coefficient (Wildman–Crippen LogP) is 4.33.